The van der Waals surface area contributed by atoms with Crippen LogP contribution in [0.3, 0.4) is 0 Å². The summed E-state index contributed by atoms with van der Waals surface area (Å²) in [6.07, 6.45) is 2.61. The Morgan fingerprint density at radius 3 is 2.81 bits per heavy atom. The van der Waals surface area contributed by atoms with Crippen molar-refractivity contribution in [3.05, 3.63) is 41.8 Å². The molecular weight excluding hydrogens is 372 g/mol. The quantitative estimate of drug-likeness (QED) is 0.665. The summed E-state index contributed by atoms with van der Waals surface area (Å²) in [6.45, 7) is -0.0346. The Bertz CT molecular complexity index is 882. The average Bonchev–Trinajstić information content (AvgIpc) is 3.13. The number of ether oxygens (including phenoxy) is 1. The van der Waals surface area contributed by atoms with Crippen LogP contribution in [0.4, 0.5) is 0 Å². The third kappa shape index (κ3) is 4.03. The van der Waals surface area contributed by atoms with Crippen molar-refractivity contribution >= 4 is 27.4 Å². The van der Waals surface area contributed by atoms with E-state index in [1.54, 1.807) is 12.1 Å². The fourth-order valence-electron chi connectivity index (χ4n) is 3.69. The van der Waals surface area contributed by atoms with Crippen molar-refractivity contribution in [2.45, 2.75) is 36.7 Å². The Balaban J connectivity index is 1.62. The number of ketones is 1. The highest BCUT2D eigenvalue weighted by Gasteiger charge is 2.54. The molecule has 1 aliphatic carbocycles. The lowest BCUT2D eigenvalue weighted by Gasteiger charge is -2.27. The molecule has 1 saturated carbocycles. The second kappa shape index (κ2) is 7.40. The summed E-state index contributed by atoms with van der Waals surface area (Å²) in [5.74, 6) is -2.43. The Hall–Kier alpha value is -2.26. The van der Waals surface area contributed by atoms with Gasteiger partial charge in [0.05, 0.1) is 24.0 Å². The van der Waals surface area contributed by atoms with Gasteiger partial charge in [-0.1, -0.05) is 18.2 Å². The number of rotatable bonds is 7. The lowest BCUT2D eigenvalue weighted by molar-refractivity contribution is -0.128. The van der Waals surface area contributed by atoms with Gasteiger partial charge in [-0.3, -0.25) is 14.4 Å². The van der Waals surface area contributed by atoms with Crippen molar-refractivity contribution in [3.63, 3.8) is 0 Å². The van der Waals surface area contributed by atoms with E-state index in [-0.39, 0.29) is 29.6 Å². The van der Waals surface area contributed by atoms with Gasteiger partial charge in [0.1, 0.15) is 12.1 Å². The number of primary amides is 1. The van der Waals surface area contributed by atoms with E-state index in [2.05, 4.69) is 5.32 Å². The van der Waals surface area contributed by atoms with Crippen molar-refractivity contribution < 1.29 is 27.5 Å². The molecule has 145 valence electrons. The largest absolute Gasteiger partial charge is 0.367 e. The maximum Gasteiger partial charge on any atom is 0.249 e. The number of hydrogen-bond donors (Lipinski definition) is 2. The second-order valence-electron chi connectivity index (χ2n) is 6.86. The lowest BCUT2D eigenvalue weighted by atomic mass is 9.92. The van der Waals surface area contributed by atoms with Gasteiger partial charge in [-0.2, -0.15) is 0 Å². The summed E-state index contributed by atoms with van der Waals surface area (Å²) in [6, 6.07) is 6.16. The standard InChI is InChI=1S/C18H21N2O6S/c19-17(23)13-5-2-1-4-12(13)11-27(24,25)9-7-16(22)20-18-8-3-6-15(18)26-10-14(18)21/h1-2,4-5,7,15H,3,6,8-11H2,(H2,19,23)(H,20,22). The molecule has 2 unspecified atom stereocenters. The van der Waals surface area contributed by atoms with Crippen LogP contribution in [0.5, 0.6) is 0 Å². The van der Waals surface area contributed by atoms with Gasteiger partial charge in [0.15, 0.2) is 15.6 Å². The Morgan fingerprint density at radius 2 is 2.07 bits per heavy atom. The van der Waals surface area contributed by atoms with E-state index in [4.69, 9.17) is 10.5 Å². The molecule has 0 spiro atoms. The minimum atomic E-state index is -3.70. The number of carbonyl (C=O) groups excluding carboxylic acids is 3. The molecule has 1 radical (unpaired) electrons. The monoisotopic (exact) mass is 393 g/mol. The fourth-order valence-corrected chi connectivity index (χ4v) is 4.94. The zero-order valence-electron chi connectivity index (χ0n) is 14.6. The van der Waals surface area contributed by atoms with Crippen molar-refractivity contribution in [2.75, 3.05) is 12.4 Å². The van der Waals surface area contributed by atoms with E-state index in [1.807, 2.05) is 0 Å². The highest BCUT2D eigenvalue weighted by atomic mass is 32.2. The zero-order chi connectivity index (χ0) is 19.7. The van der Waals surface area contributed by atoms with Crippen LogP contribution >= 0.6 is 0 Å². The van der Waals surface area contributed by atoms with Gasteiger partial charge in [-0.25, -0.2) is 8.42 Å². The molecule has 27 heavy (non-hydrogen) atoms. The first kappa shape index (κ1) is 19.5. The Morgan fingerprint density at radius 1 is 1.33 bits per heavy atom. The Kier molecular flexibility index (Phi) is 5.34. The normalized spacial score (nSPS) is 24.6. The van der Waals surface area contributed by atoms with Crippen LogP contribution in [0.2, 0.25) is 0 Å². The van der Waals surface area contributed by atoms with E-state index < -0.39 is 38.7 Å². The molecule has 3 N–H and O–H groups in total. The smallest absolute Gasteiger partial charge is 0.249 e. The molecular formula is C18H21N2O6S. The van der Waals surface area contributed by atoms with Gasteiger partial charge < -0.3 is 15.8 Å². The van der Waals surface area contributed by atoms with Gasteiger partial charge in [0, 0.05) is 5.56 Å². The average molecular weight is 393 g/mol. The van der Waals surface area contributed by atoms with Gasteiger partial charge in [0.2, 0.25) is 11.8 Å². The fraction of sp³-hybridized carbons (Fsp3) is 0.444. The zero-order valence-corrected chi connectivity index (χ0v) is 15.5. The third-order valence-corrected chi connectivity index (χ3v) is 6.45. The lowest BCUT2D eigenvalue weighted by Crippen LogP contribution is -2.56. The van der Waals surface area contributed by atoms with E-state index in [0.29, 0.717) is 12.8 Å². The minimum absolute atomic E-state index is 0.0346. The molecule has 1 aliphatic heterocycles. The predicted molar refractivity (Wildman–Crippen MR) is 96.2 cm³/mol. The first-order valence-corrected chi connectivity index (χ1v) is 10.4. The van der Waals surface area contributed by atoms with Crippen molar-refractivity contribution in [2.24, 2.45) is 5.73 Å². The summed E-state index contributed by atoms with van der Waals surface area (Å²) in [5.41, 5.74) is 4.64. The topological polar surface area (TPSA) is 133 Å². The number of carbonyl (C=O) groups is 3. The second-order valence-corrected chi connectivity index (χ2v) is 8.96. The van der Waals surface area contributed by atoms with Gasteiger partial charge >= 0.3 is 0 Å². The SMILES string of the molecule is NC(=O)c1ccccc1CS(=O)(=O)C[CH]C(=O)NC12CCCC1OCC2=O. The van der Waals surface area contributed by atoms with E-state index in [1.165, 1.54) is 12.1 Å². The third-order valence-electron chi connectivity index (χ3n) is 5.03. The molecule has 3 rings (SSSR count). The first-order chi connectivity index (χ1) is 12.7. The number of fused-ring (bicyclic) bond motifs is 1. The maximum absolute atomic E-state index is 12.4. The summed E-state index contributed by atoms with van der Waals surface area (Å²) < 4.78 is 30.1. The molecule has 9 heteroatoms. The molecule has 1 aromatic carbocycles. The number of amides is 2. The predicted octanol–water partition coefficient (Wildman–Crippen LogP) is -0.0886. The molecule has 1 heterocycles. The molecule has 1 aromatic rings. The van der Waals surface area contributed by atoms with Crippen molar-refractivity contribution in [1.82, 2.24) is 5.32 Å². The van der Waals surface area contributed by atoms with Crippen molar-refractivity contribution in [1.29, 1.82) is 0 Å². The number of sulfone groups is 1. The van der Waals surface area contributed by atoms with Gasteiger partial charge in [0.25, 0.3) is 0 Å². The summed E-state index contributed by atoms with van der Waals surface area (Å²) in [5, 5.41) is 2.66. The number of nitrogens with one attached hydrogen (secondary N) is 1. The molecule has 2 atom stereocenters. The van der Waals surface area contributed by atoms with Crippen LogP contribution in [0, 0.1) is 6.42 Å². The summed E-state index contributed by atoms with van der Waals surface area (Å²) >= 11 is 0. The summed E-state index contributed by atoms with van der Waals surface area (Å²) in [4.78, 5) is 35.8. The molecule has 0 aromatic heterocycles. The highest BCUT2D eigenvalue weighted by Crippen LogP contribution is 2.37. The summed E-state index contributed by atoms with van der Waals surface area (Å²) in [7, 11) is -3.70. The van der Waals surface area contributed by atoms with Crippen LogP contribution in [-0.2, 0) is 29.9 Å². The number of Topliss-reactive ketones (excluding diaryl/α,β-unsaturated/α-hetero) is 1. The van der Waals surface area contributed by atoms with Crippen LogP contribution in [-0.4, -0.2) is 50.0 Å². The first-order valence-electron chi connectivity index (χ1n) is 8.62. The molecule has 8 nitrogen and oxygen atoms in total. The molecule has 0 bridgehead atoms. The van der Waals surface area contributed by atoms with E-state index in [0.717, 1.165) is 12.8 Å². The van der Waals surface area contributed by atoms with Crippen molar-refractivity contribution in [3.8, 4) is 0 Å². The highest BCUT2D eigenvalue weighted by molar-refractivity contribution is 7.90. The maximum atomic E-state index is 12.4. The number of nitrogens with two attached hydrogens (primary N) is 1. The molecule has 2 amide bonds. The van der Waals surface area contributed by atoms with E-state index in [9.17, 15) is 22.8 Å². The van der Waals surface area contributed by atoms with E-state index >= 15 is 0 Å². The van der Waals surface area contributed by atoms with Crippen LogP contribution in [0.15, 0.2) is 24.3 Å². The number of benzene rings is 1. The Labute approximate surface area is 157 Å². The molecule has 1 saturated heterocycles. The molecule has 2 aliphatic rings. The van der Waals surface area contributed by atoms with Crippen LogP contribution < -0.4 is 11.1 Å². The molecule has 2 fully saturated rings. The van der Waals surface area contributed by atoms with Crippen LogP contribution in [0.1, 0.15) is 35.2 Å². The van der Waals surface area contributed by atoms with Gasteiger partial charge in [-0.15, -0.1) is 0 Å². The van der Waals surface area contributed by atoms with Crippen LogP contribution in [0.25, 0.3) is 0 Å². The number of hydrogen-bond acceptors (Lipinski definition) is 6. The minimum Gasteiger partial charge on any atom is -0.367 e. The van der Waals surface area contributed by atoms with Gasteiger partial charge in [-0.05, 0) is 30.9 Å².